The van der Waals surface area contributed by atoms with Gasteiger partial charge in [0.15, 0.2) is 0 Å². The van der Waals surface area contributed by atoms with Crippen molar-refractivity contribution in [2.24, 2.45) is 0 Å². The number of nitrogens with zero attached hydrogens (tertiary/aromatic N) is 1. The summed E-state index contributed by atoms with van der Waals surface area (Å²) < 4.78 is 44.1. The average Bonchev–Trinajstić information content (AvgIpc) is 3.30. The van der Waals surface area contributed by atoms with Gasteiger partial charge in [-0.25, -0.2) is 0 Å². The van der Waals surface area contributed by atoms with Gasteiger partial charge in [0.2, 0.25) is 0 Å². The first-order valence-electron chi connectivity index (χ1n) is 10.8. The summed E-state index contributed by atoms with van der Waals surface area (Å²) in [6.07, 6.45) is -3.49. The van der Waals surface area contributed by atoms with Crippen LogP contribution >= 0.6 is 0 Å². The molecule has 0 aliphatic rings. The van der Waals surface area contributed by atoms with E-state index in [-0.39, 0.29) is 23.8 Å². The van der Waals surface area contributed by atoms with Crippen molar-refractivity contribution in [3.63, 3.8) is 0 Å². The number of benzene rings is 2. The number of hydrogen-bond acceptors (Lipinski definition) is 5. The third-order valence-corrected chi connectivity index (χ3v) is 5.18. The SMILES string of the molecule is Cc1ccc(NC(=O)C(=O)NCc2ccc(/C=C(\C#N)C(=O)Nc3cccc(C(F)(F)F)c3)o2)cc1C. The van der Waals surface area contributed by atoms with Crippen LogP contribution in [0.4, 0.5) is 24.5 Å². The molecule has 190 valence electrons. The molecule has 8 nitrogen and oxygen atoms in total. The van der Waals surface area contributed by atoms with Crippen LogP contribution in [0.1, 0.15) is 28.2 Å². The molecule has 0 bridgehead atoms. The second kappa shape index (κ2) is 11.3. The van der Waals surface area contributed by atoms with Gasteiger partial charge in [0, 0.05) is 17.5 Å². The first-order chi connectivity index (χ1) is 17.5. The molecule has 0 unspecified atom stereocenters. The summed E-state index contributed by atoms with van der Waals surface area (Å²) in [4.78, 5) is 36.6. The Hall–Kier alpha value is -4.85. The number of rotatable bonds is 6. The van der Waals surface area contributed by atoms with Gasteiger partial charge >= 0.3 is 18.0 Å². The summed E-state index contributed by atoms with van der Waals surface area (Å²) >= 11 is 0. The smallest absolute Gasteiger partial charge is 0.416 e. The van der Waals surface area contributed by atoms with Crippen molar-refractivity contribution < 1.29 is 32.0 Å². The fourth-order valence-corrected chi connectivity index (χ4v) is 3.08. The van der Waals surface area contributed by atoms with Gasteiger partial charge < -0.3 is 20.4 Å². The van der Waals surface area contributed by atoms with Crippen LogP contribution in [0.2, 0.25) is 0 Å². The van der Waals surface area contributed by atoms with E-state index in [1.807, 2.05) is 19.9 Å². The van der Waals surface area contributed by atoms with E-state index < -0.39 is 35.0 Å². The quantitative estimate of drug-likeness (QED) is 0.252. The standard InChI is InChI=1S/C26H21F3N4O4/c1-15-6-7-20(10-16(15)2)33-25(36)24(35)31-14-22-9-8-21(37-22)11-17(13-30)23(34)32-19-5-3-4-18(12-19)26(27,28)29/h3-12H,14H2,1-2H3,(H,31,35)(H,32,34)(H,33,36)/b17-11+. The van der Waals surface area contributed by atoms with E-state index in [1.165, 1.54) is 18.2 Å². The largest absolute Gasteiger partial charge is 0.460 e. The normalized spacial score (nSPS) is 11.4. The van der Waals surface area contributed by atoms with E-state index in [4.69, 9.17) is 4.42 Å². The van der Waals surface area contributed by atoms with Crippen LogP contribution in [0.15, 0.2) is 64.6 Å². The highest BCUT2D eigenvalue weighted by molar-refractivity contribution is 6.39. The first kappa shape index (κ1) is 26.7. The molecular formula is C26H21F3N4O4. The second-order valence-electron chi connectivity index (χ2n) is 7.94. The van der Waals surface area contributed by atoms with Crippen molar-refractivity contribution in [3.8, 4) is 6.07 Å². The van der Waals surface area contributed by atoms with E-state index in [2.05, 4.69) is 16.0 Å². The Morgan fingerprint density at radius 3 is 2.30 bits per heavy atom. The monoisotopic (exact) mass is 510 g/mol. The molecule has 0 atom stereocenters. The van der Waals surface area contributed by atoms with Gasteiger partial charge in [-0.05, 0) is 67.4 Å². The van der Waals surface area contributed by atoms with Crippen LogP contribution in [-0.2, 0) is 27.1 Å². The molecule has 3 N–H and O–H groups in total. The lowest BCUT2D eigenvalue weighted by Gasteiger charge is -2.09. The molecule has 1 aromatic heterocycles. The van der Waals surface area contributed by atoms with Crippen molar-refractivity contribution >= 4 is 35.2 Å². The van der Waals surface area contributed by atoms with Gasteiger partial charge in [0.05, 0.1) is 12.1 Å². The summed E-state index contributed by atoms with van der Waals surface area (Å²) in [5.74, 6) is -2.39. The molecule has 0 saturated heterocycles. The van der Waals surface area contributed by atoms with Crippen molar-refractivity contribution in [1.82, 2.24) is 5.32 Å². The third kappa shape index (κ3) is 7.32. The molecule has 0 aliphatic heterocycles. The zero-order chi connectivity index (χ0) is 27.2. The van der Waals surface area contributed by atoms with E-state index >= 15 is 0 Å². The molecule has 0 spiro atoms. The molecule has 0 radical (unpaired) electrons. The Kier molecular flexibility index (Phi) is 8.14. The lowest BCUT2D eigenvalue weighted by atomic mass is 10.1. The van der Waals surface area contributed by atoms with Crippen LogP contribution in [0.25, 0.3) is 6.08 Å². The van der Waals surface area contributed by atoms with Gasteiger partial charge in [-0.2, -0.15) is 18.4 Å². The van der Waals surface area contributed by atoms with Gasteiger partial charge in [0.1, 0.15) is 23.2 Å². The van der Waals surface area contributed by atoms with E-state index in [1.54, 1.807) is 18.2 Å². The average molecular weight is 510 g/mol. The maximum atomic E-state index is 12.9. The van der Waals surface area contributed by atoms with E-state index in [0.29, 0.717) is 5.69 Å². The van der Waals surface area contributed by atoms with Crippen LogP contribution in [-0.4, -0.2) is 17.7 Å². The van der Waals surface area contributed by atoms with Crippen LogP contribution in [0.5, 0.6) is 0 Å². The topological polar surface area (TPSA) is 124 Å². The minimum Gasteiger partial charge on any atom is -0.460 e. The zero-order valence-electron chi connectivity index (χ0n) is 19.7. The molecule has 3 rings (SSSR count). The Balaban J connectivity index is 1.59. The number of nitriles is 1. The Bertz CT molecular complexity index is 1420. The van der Waals surface area contributed by atoms with Crippen molar-refractivity contribution in [3.05, 3.63) is 88.4 Å². The molecule has 0 aliphatic carbocycles. The molecule has 2 aromatic carbocycles. The van der Waals surface area contributed by atoms with Crippen molar-refractivity contribution in [1.29, 1.82) is 5.26 Å². The van der Waals surface area contributed by atoms with E-state index in [9.17, 15) is 32.8 Å². The number of hydrogen-bond donors (Lipinski definition) is 3. The highest BCUT2D eigenvalue weighted by Crippen LogP contribution is 2.30. The number of furan rings is 1. The highest BCUT2D eigenvalue weighted by atomic mass is 19.4. The fourth-order valence-electron chi connectivity index (χ4n) is 3.08. The summed E-state index contributed by atoms with van der Waals surface area (Å²) in [7, 11) is 0. The van der Waals surface area contributed by atoms with Gasteiger partial charge in [-0.15, -0.1) is 0 Å². The predicted octanol–water partition coefficient (Wildman–Crippen LogP) is 4.72. The number of alkyl halides is 3. The molecule has 3 aromatic rings. The molecular weight excluding hydrogens is 489 g/mol. The summed E-state index contributed by atoms with van der Waals surface area (Å²) in [5.41, 5.74) is 0.958. The zero-order valence-corrected chi connectivity index (χ0v) is 19.7. The van der Waals surface area contributed by atoms with Gasteiger partial charge in [0.25, 0.3) is 5.91 Å². The summed E-state index contributed by atoms with van der Waals surface area (Å²) in [6, 6.07) is 13.8. The highest BCUT2D eigenvalue weighted by Gasteiger charge is 2.30. The molecule has 11 heteroatoms. The second-order valence-corrected chi connectivity index (χ2v) is 7.94. The number of carbonyl (C=O) groups is 3. The predicted molar refractivity (Wildman–Crippen MR) is 129 cm³/mol. The molecule has 0 fully saturated rings. The lowest BCUT2D eigenvalue weighted by Crippen LogP contribution is -2.34. The van der Waals surface area contributed by atoms with Crippen molar-refractivity contribution in [2.45, 2.75) is 26.6 Å². The van der Waals surface area contributed by atoms with Gasteiger partial charge in [-0.3, -0.25) is 14.4 Å². The van der Waals surface area contributed by atoms with Crippen molar-refractivity contribution in [2.75, 3.05) is 10.6 Å². The number of anilines is 2. The lowest BCUT2D eigenvalue weighted by molar-refractivity contribution is -0.137. The number of halogens is 3. The number of nitrogens with one attached hydrogen (secondary N) is 3. The van der Waals surface area contributed by atoms with Crippen LogP contribution in [0.3, 0.4) is 0 Å². The van der Waals surface area contributed by atoms with Gasteiger partial charge in [-0.1, -0.05) is 12.1 Å². The molecule has 0 saturated carbocycles. The minimum atomic E-state index is -4.59. The molecule has 1 heterocycles. The van der Waals surface area contributed by atoms with E-state index in [0.717, 1.165) is 35.4 Å². The number of amides is 3. The maximum Gasteiger partial charge on any atom is 0.416 e. The first-order valence-corrected chi connectivity index (χ1v) is 10.8. The van der Waals surface area contributed by atoms with Crippen LogP contribution < -0.4 is 16.0 Å². The number of aryl methyl sites for hydroxylation is 2. The minimum absolute atomic E-state index is 0.0829. The Labute approximate surface area is 209 Å². The summed E-state index contributed by atoms with van der Waals surface area (Å²) in [5, 5.41) is 16.4. The third-order valence-electron chi connectivity index (χ3n) is 5.18. The Morgan fingerprint density at radius 2 is 1.62 bits per heavy atom. The Morgan fingerprint density at radius 1 is 0.919 bits per heavy atom. The summed E-state index contributed by atoms with van der Waals surface area (Å²) in [6.45, 7) is 3.65. The maximum absolute atomic E-state index is 12.9. The number of carbonyl (C=O) groups excluding carboxylic acids is 3. The molecule has 3 amide bonds. The van der Waals surface area contributed by atoms with Crippen LogP contribution in [0, 0.1) is 25.2 Å². The molecule has 37 heavy (non-hydrogen) atoms. The fraction of sp³-hybridized carbons (Fsp3) is 0.154.